The van der Waals surface area contributed by atoms with E-state index in [1.54, 1.807) is 18.2 Å². The summed E-state index contributed by atoms with van der Waals surface area (Å²) in [4.78, 5) is 39.3. The molecular formula is C22H26N2O7S. The summed E-state index contributed by atoms with van der Waals surface area (Å²) >= 11 is 0. The third kappa shape index (κ3) is 5.56. The van der Waals surface area contributed by atoms with Crippen molar-refractivity contribution in [2.75, 3.05) is 23.4 Å². The summed E-state index contributed by atoms with van der Waals surface area (Å²) in [6.07, 6.45) is 2.37. The number of nitrogens with zero attached hydrogens (tertiary/aromatic N) is 1. The highest BCUT2D eigenvalue weighted by molar-refractivity contribution is 7.91. The quantitative estimate of drug-likeness (QED) is 0.598. The Kier molecular flexibility index (Phi) is 7.34. The minimum absolute atomic E-state index is 0.0421. The fourth-order valence-electron chi connectivity index (χ4n) is 3.64. The van der Waals surface area contributed by atoms with E-state index in [4.69, 9.17) is 9.15 Å². The van der Waals surface area contributed by atoms with Crippen LogP contribution in [0.1, 0.15) is 47.6 Å². The fourth-order valence-corrected chi connectivity index (χ4v) is 5.35. The van der Waals surface area contributed by atoms with E-state index in [0.717, 1.165) is 0 Å². The lowest BCUT2D eigenvalue weighted by Crippen LogP contribution is -2.48. The smallest absolute Gasteiger partial charge is 0.340 e. The van der Waals surface area contributed by atoms with E-state index >= 15 is 0 Å². The lowest BCUT2D eigenvalue weighted by atomic mass is 10.1. The maximum Gasteiger partial charge on any atom is 0.340 e. The van der Waals surface area contributed by atoms with Crippen LogP contribution in [0.25, 0.3) is 0 Å². The standard InChI is InChI=1S/C22H26N2O7S/c1-3-15(2)24(16-10-12-32(28,29)14-16)20(25)13-31-22(27)17-7-4-5-8-18(17)23-21(26)19-9-6-11-30-19/h4-9,11,15-16H,3,10,12-14H2,1-2H3,(H,23,26). The number of hydrogen-bond acceptors (Lipinski definition) is 7. The number of hydrogen-bond donors (Lipinski definition) is 1. The molecule has 1 fully saturated rings. The highest BCUT2D eigenvalue weighted by atomic mass is 32.2. The molecule has 2 unspecified atom stereocenters. The van der Waals surface area contributed by atoms with Crippen LogP contribution in [-0.4, -0.2) is 61.3 Å². The highest BCUT2D eigenvalue weighted by Crippen LogP contribution is 2.22. The van der Waals surface area contributed by atoms with Crippen molar-refractivity contribution in [2.45, 2.75) is 38.8 Å². The molecule has 2 heterocycles. The highest BCUT2D eigenvalue weighted by Gasteiger charge is 2.36. The number of ether oxygens (including phenoxy) is 1. The number of furan rings is 1. The zero-order valence-corrected chi connectivity index (χ0v) is 18.8. The van der Waals surface area contributed by atoms with Gasteiger partial charge in [-0.05, 0) is 44.0 Å². The van der Waals surface area contributed by atoms with Crippen LogP contribution in [-0.2, 0) is 19.4 Å². The zero-order chi connectivity index (χ0) is 23.3. The molecule has 10 heteroatoms. The summed E-state index contributed by atoms with van der Waals surface area (Å²) in [5.74, 6) is -1.72. The van der Waals surface area contributed by atoms with Gasteiger partial charge in [0.25, 0.3) is 11.8 Å². The van der Waals surface area contributed by atoms with E-state index < -0.39 is 40.3 Å². The summed E-state index contributed by atoms with van der Waals surface area (Å²) < 4.78 is 34.0. The molecule has 2 amide bonds. The predicted molar refractivity (Wildman–Crippen MR) is 117 cm³/mol. The normalized spacial score (nSPS) is 18.0. The Bertz CT molecular complexity index is 1080. The number of anilines is 1. The fraction of sp³-hybridized carbons (Fsp3) is 0.409. The third-order valence-electron chi connectivity index (χ3n) is 5.42. The molecule has 2 atom stereocenters. The van der Waals surface area contributed by atoms with E-state index in [1.165, 1.54) is 29.4 Å². The van der Waals surface area contributed by atoms with Crippen molar-refractivity contribution in [1.82, 2.24) is 4.90 Å². The molecule has 0 saturated carbocycles. The van der Waals surface area contributed by atoms with Gasteiger partial charge in [0, 0.05) is 12.1 Å². The van der Waals surface area contributed by atoms with E-state index in [1.807, 2.05) is 13.8 Å². The minimum Gasteiger partial charge on any atom is -0.459 e. The van der Waals surface area contributed by atoms with Crippen molar-refractivity contribution in [1.29, 1.82) is 0 Å². The van der Waals surface area contributed by atoms with E-state index in [-0.39, 0.29) is 34.6 Å². The van der Waals surface area contributed by atoms with Crippen molar-refractivity contribution in [3.05, 3.63) is 54.0 Å². The van der Waals surface area contributed by atoms with Crippen LogP contribution < -0.4 is 5.32 Å². The Morgan fingerprint density at radius 2 is 1.97 bits per heavy atom. The molecule has 0 bridgehead atoms. The number of esters is 1. The average molecular weight is 463 g/mol. The van der Waals surface area contributed by atoms with Crippen LogP contribution >= 0.6 is 0 Å². The molecule has 3 rings (SSSR count). The minimum atomic E-state index is -3.18. The summed E-state index contributed by atoms with van der Waals surface area (Å²) in [5, 5.41) is 2.59. The monoisotopic (exact) mass is 462 g/mol. The van der Waals surface area contributed by atoms with Crippen molar-refractivity contribution < 1.29 is 32.0 Å². The van der Waals surface area contributed by atoms with Gasteiger partial charge in [-0.3, -0.25) is 9.59 Å². The topological polar surface area (TPSA) is 123 Å². The first-order chi connectivity index (χ1) is 15.2. The van der Waals surface area contributed by atoms with Gasteiger partial charge in [-0.15, -0.1) is 0 Å². The maximum absolute atomic E-state index is 12.9. The first-order valence-corrected chi connectivity index (χ1v) is 12.2. The Morgan fingerprint density at radius 1 is 1.22 bits per heavy atom. The molecule has 1 aliphatic rings. The summed E-state index contributed by atoms with van der Waals surface area (Å²) in [6, 6.07) is 8.69. The van der Waals surface area contributed by atoms with Gasteiger partial charge in [-0.1, -0.05) is 19.1 Å². The molecule has 0 spiro atoms. The first kappa shape index (κ1) is 23.5. The van der Waals surface area contributed by atoms with Crippen molar-refractivity contribution in [3.63, 3.8) is 0 Å². The molecule has 1 N–H and O–H groups in total. The van der Waals surface area contributed by atoms with Gasteiger partial charge in [0.1, 0.15) is 0 Å². The van der Waals surface area contributed by atoms with Gasteiger partial charge in [-0.2, -0.15) is 0 Å². The van der Waals surface area contributed by atoms with Crippen LogP contribution in [0.3, 0.4) is 0 Å². The average Bonchev–Trinajstić information content (AvgIpc) is 3.42. The number of carbonyl (C=O) groups excluding carboxylic acids is 3. The van der Waals surface area contributed by atoms with Gasteiger partial charge < -0.3 is 19.4 Å². The van der Waals surface area contributed by atoms with E-state index in [9.17, 15) is 22.8 Å². The number of sulfone groups is 1. The van der Waals surface area contributed by atoms with Crippen LogP contribution in [0.2, 0.25) is 0 Å². The Balaban J connectivity index is 1.68. The molecule has 0 radical (unpaired) electrons. The van der Waals surface area contributed by atoms with Crippen LogP contribution in [0.15, 0.2) is 47.1 Å². The van der Waals surface area contributed by atoms with Crippen LogP contribution in [0.5, 0.6) is 0 Å². The number of rotatable bonds is 8. The zero-order valence-electron chi connectivity index (χ0n) is 17.9. The summed E-state index contributed by atoms with van der Waals surface area (Å²) in [5.41, 5.74) is 0.297. The van der Waals surface area contributed by atoms with Gasteiger partial charge in [0.05, 0.1) is 29.0 Å². The Hall–Kier alpha value is -3.14. The number of amides is 2. The Morgan fingerprint density at radius 3 is 2.59 bits per heavy atom. The van der Waals surface area contributed by atoms with Crippen molar-refractivity contribution in [3.8, 4) is 0 Å². The second-order valence-corrected chi connectivity index (χ2v) is 9.90. The second kappa shape index (κ2) is 9.99. The van der Waals surface area contributed by atoms with Crippen molar-refractivity contribution in [2.24, 2.45) is 0 Å². The van der Waals surface area contributed by atoms with Gasteiger partial charge in [0.2, 0.25) is 0 Å². The van der Waals surface area contributed by atoms with Gasteiger partial charge >= 0.3 is 5.97 Å². The second-order valence-electron chi connectivity index (χ2n) is 7.67. The van der Waals surface area contributed by atoms with Gasteiger partial charge in [0.15, 0.2) is 22.2 Å². The van der Waals surface area contributed by atoms with Gasteiger partial charge in [-0.25, -0.2) is 13.2 Å². The Labute approximate surface area is 186 Å². The first-order valence-electron chi connectivity index (χ1n) is 10.3. The van der Waals surface area contributed by atoms with Crippen LogP contribution in [0.4, 0.5) is 5.69 Å². The number of benzene rings is 1. The molecule has 172 valence electrons. The lowest BCUT2D eigenvalue weighted by Gasteiger charge is -2.33. The van der Waals surface area contributed by atoms with E-state index in [2.05, 4.69) is 5.32 Å². The lowest BCUT2D eigenvalue weighted by molar-refractivity contribution is -0.138. The molecule has 1 aromatic heterocycles. The molecule has 1 aliphatic heterocycles. The molecule has 32 heavy (non-hydrogen) atoms. The largest absolute Gasteiger partial charge is 0.459 e. The summed E-state index contributed by atoms with van der Waals surface area (Å²) in [6.45, 7) is 3.21. The molecule has 2 aromatic rings. The molecule has 9 nitrogen and oxygen atoms in total. The number of para-hydroxylation sites is 1. The number of carbonyl (C=O) groups is 3. The SMILES string of the molecule is CCC(C)N(C(=O)COC(=O)c1ccccc1NC(=O)c1ccco1)C1CCS(=O)(=O)C1. The summed E-state index contributed by atoms with van der Waals surface area (Å²) in [7, 11) is -3.18. The van der Waals surface area contributed by atoms with Crippen molar-refractivity contribution >= 4 is 33.3 Å². The predicted octanol–water partition coefficient (Wildman–Crippen LogP) is 2.50. The van der Waals surface area contributed by atoms with E-state index in [0.29, 0.717) is 12.8 Å². The molecular weight excluding hydrogens is 436 g/mol. The maximum atomic E-state index is 12.9. The van der Waals surface area contributed by atoms with Crippen LogP contribution in [0, 0.1) is 0 Å². The third-order valence-corrected chi connectivity index (χ3v) is 7.17. The molecule has 0 aliphatic carbocycles. The number of nitrogens with one attached hydrogen (secondary N) is 1. The molecule has 1 aromatic carbocycles. The molecule has 1 saturated heterocycles.